The molecule has 2 saturated heterocycles. The lowest BCUT2D eigenvalue weighted by Gasteiger charge is -2.33. The van der Waals surface area contributed by atoms with Gasteiger partial charge in [0.05, 0.1) is 17.4 Å². The number of carbonyl (C=O) groups excluding carboxylic acids is 3. The maximum Gasteiger partial charge on any atom is 0.246 e. The fourth-order valence-electron chi connectivity index (χ4n) is 6.45. The summed E-state index contributed by atoms with van der Waals surface area (Å²) in [6.07, 6.45) is 9.87. The average molecular weight is 450 g/mol. The van der Waals surface area contributed by atoms with Crippen LogP contribution < -0.4 is 10.6 Å². The van der Waals surface area contributed by atoms with Gasteiger partial charge in [-0.1, -0.05) is 55.3 Å². The van der Waals surface area contributed by atoms with Crippen LogP contribution in [0, 0.1) is 11.8 Å². The Kier molecular flexibility index (Phi) is 4.70. The summed E-state index contributed by atoms with van der Waals surface area (Å²) >= 11 is 0. The van der Waals surface area contributed by atoms with E-state index in [4.69, 9.17) is 4.74 Å². The molecule has 6 rings (SSSR count). The third-order valence-electron chi connectivity index (χ3n) is 8.15. The molecule has 33 heavy (non-hydrogen) atoms. The normalized spacial score (nSPS) is 36.9. The lowest BCUT2D eigenvalue weighted by Crippen LogP contribution is -2.56. The summed E-state index contributed by atoms with van der Waals surface area (Å²) in [7, 11) is 0. The number of ether oxygens (including phenoxy) is 1. The summed E-state index contributed by atoms with van der Waals surface area (Å²) in [5.41, 5.74) is -1.05. The SMILES string of the molecule is C[C@@]12C=C[C@@]3(O1)[C@H](C(=O)N(Cc1ccccc1)[C@H]3C(=O)NC1CCCC1)[C@@H]2C(=O)NC1CC1. The van der Waals surface area contributed by atoms with Gasteiger partial charge in [0.2, 0.25) is 17.7 Å². The summed E-state index contributed by atoms with van der Waals surface area (Å²) in [4.78, 5) is 42.6. The van der Waals surface area contributed by atoms with E-state index in [1.165, 1.54) is 0 Å². The van der Waals surface area contributed by atoms with Gasteiger partial charge in [-0.3, -0.25) is 14.4 Å². The second-order valence-corrected chi connectivity index (χ2v) is 10.6. The van der Waals surface area contributed by atoms with Gasteiger partial charge < -0.3 is 20.3 Å². The van der Waals surface area contributed by atoms with Crippen LogP contribution in [0.4, 0.5) is 0 Å². The fraction of sp³-hybridized carbons (Fsp3) is 0.577. The molecule has 4 fully saturated rings. The number of nitrogens with zero attached hydrogens (tertiary/aromatic N) is 1. The molecule has 5 aliphatic rings. The summed E-state index contributed by atoms with van der Waals surface area (Å²) in [6.45, 7) is 2.18. The van der Waals surface area contributed by atoms with E-state index < -0.39 is 29.1 Å². The minimum Gasteiger partial charge on any atom is -0.356 e. The third kappa shape index (κ3) is 3.23. The zero-order valence-corrected chi connectivity index (χ0v) is 19.0. The van der Waals surface area contributed by atoms with E-state index in [9.17, 15) is 14.4 Å². The summed E-state index contributed by atoms with van der Waals surface area (Å²) in [5, 5.41) is 6.28. The van der Waals surface area contributed by atoms with Crippen LogP contribution in [-0.4, -0.2) is 51.9 Å². The summed E-state index contributed by atoms with van der Waals surface area (Å²) < 4.78 is 6.55. The molecule has 2 bridgehead atoms. The molecule has 0 aromatic heterocycles. The van der Waals surface area contributed by atoms with Crippen molar-refractivity contribution in [2.24, 2.45) is 11.8 Å². The van der Waals surface area contributed by atoms with Crippen molar-refractivity contribution in [3.8, 4) is 0 Å². The molecule has 1 aromatic rings. The Morgan fingerprint density at radius 3 is 2.36 bits per heavy atom. The summed E-state index contributed by atoms with van der Waals surface area (Å²) in [6, 6.07) is 9.23. The predicted molar refractivity (Wildman–Crippen MR) is 121 cm³/mol. The van der Waals surface area contributed by atoms with E-state index in [2.05, 4.69) is 10.6 Å². The van der Waals surface area contributed by atoms with Crippen molar-refractivity contribution in [2.75, 3.05) is 0 Å². The highest BCUT2D eigenvalue weighted by Gasteiger charge is 2.76. The van der Waals surface area contributed by atoms with Crippen LogP contribution in [0.2, 0.25) is 0 Å². The van der Waals surface area contributed by atoms with Gasteiger partial charge in [-0.15, -0.1) is 0 Å². The number of benzene rings is 1. The number of nitrogens with one attached hydrogen (secondary N) is 2. The van der Waals surface area contributed by atoms with Crippen molar-refractivity contribution in [1.29, 1.82) is 0 Å². The van der Waals surface area contributed by atoms with Gasteiger partial charge in [-0.05, 0) is 38.2 Å². The van der Waals surface area contributed by atoms with Crippen LogP contribution in [-0.2, 0) is 25.7 Å². The van der Waals surface area contributed by atoms with Crippen LogP contribution in [0.3, 0.4) is 0 Å². The first-order chi connectivity index (χ1) is 15.9. The van der Waals surface area contributed by atoms with E-state index in [1.54, 1.807) is 4.90 Å². The molecule has 3 amide bonds. The molecule has 5 atom stereocenters. The zero-order valence-electron chi connectivity index (χ0n) is 19.0. The van der Waals surface area contributed by atoms with Crippen molar-refractivity contribution in [3.05, 3.63) is 48.0 Å². The monoisotopic (exact) mass is 449 g/mol. The van der Waals surface area contributed by atoms with E-state index in [-0.39, 0.29) is 29.8 Å². The Hall–Kier alpha value is -2.67. The lowest BCUT2D eigenvalue weighted by atomic mass is 9.70. The van der Waals surface area contributed by atoms with Gasteiger partial charge in [-0.25, -0.2) is 0 Å². The molecule has 0 radical (unpaired) electrons. The van der Waals surface area contributed by atoms with E-state index in [0.29, 0.717) is 6.54 Å². The van der Waals surface area contributed by atoms with Gasteiger partial charge in [-0.2, -0.15) is 0 Å². The molecule has 174 valence electrons. The molecule has 1 aromatic carbocycles. The highest BCUT2D eigenvalue weighted by molar-refractivity contribution is 6.00. The Labute approximate surface area is 193 Å². The first-order valence-corrected chi connectivity index (χ1v) is 12.3. The van der Waals surface area contributed by atoms with Crippen molar-refractivity contribution < 1.29 is 19.1 Å². The van der Waals surface area contributed by atoms with Gasteiger partial charge >= 0.3 is 0 Å². The number of hydrogen-bond donors (Lipinski definition) is 2. The predicted octanol–water partition coefficient (Wildman–Crippen LogP) is 2.06. The number of hydrogen-bond acceptors (Lipinski definition) is 4. The molecule has 3 aliphatic heterocycles. The first-order valence-electron chi connectivity index (χ1n) is 12.3. The number of fused-ring (bicyclic) bond motifs is 1. The lowest BCUT2D eigenvalue weighted by molar-refractivity contribution is -0.145. The highest BCUT2D eigenvalue weighted by Crippen LogP contribution is 2.60. The Morgan fingerprint density at radius 2 is 1.67 bits per heavy atom. The number of rotatable bonds is 6. The fourth-order valence-corrected chi connectivity index (χ4v) is 6.45. The van der Waals surface area contributed by atoms with Crippen LogP contribution >= 0.6 is 0 Å². The zero-order chi connectivity index (χ0) is 22.8. The smallest absolute Gasteiger partial charge is 0.246 e. The van der Waals surface area contributed by atoms with Gasteiger partial charge in [0, 0.05) is 18.6 Å². The van der Waals surface area contributed by atoms with Crippen LogP contribution in [0.1, 0.15) is 51.0 Å². The Bertz CT molecular complexity index is 1020. The van der Waals surface area contributed by atoms with Crippen molar-refractivity contribution in [1.82, 2.24) is 15.5 Å². The largest absolute Gasteiger partial charge is 0.356 e. The molecule has 3 heterocycles. The van der Waals surface area contributed by atoms with Crippen molar-refractivity contribution >= 4 is 17.7 Å². The maximum atomic E-state index is 13.9. The molecular formula is C26H31N3O4. The molecule has 7 nitrogen and oxygen atoms in total. The van der Waals surface area contributed by atoms with Gasteiger partial charge in [0.1, 0.15) is 11.6 Å². The molecule has 0 unspecified atom stereocenters. The average Bonchev–Trinajstić information content (AvgIpc) is 3.13. The summed E-state index contributed by atoms with van der Waals surface area (Å²) in [5.74, 6) is -1.83. The molecule has 2 saturated carbocycles. The molecular weight excluding hydrogens is 418 g/mol. The number of likely N-dealkylation sites (tertiary alicyclic amines) is 1. The molecule has 1 spiro atoms. The van der Waals surface area contributed by atoms with Crippen LogP contribution in [0.25, 0.3) is 0 Å². The van der Waals surface area contributed by atoms with Crippen LogP contribution in [0.15, 0.2) is 42.5 Å². The number of carbonyl (C=O) groups is 3. The topological polar surface area (TPSA) is 87.7 Å². The van der Waals surface area contributed by atoms with E-state index in [0.717, 1.165) is 44.1 Å². The highest BCUT2D eigenvalue weighted by atomic mass is 16.5. The minimum atomic E-state index is -1.12. The van der Waals surface area contributed by atoms with Gasteiger partial charge in [0.15, 0.2) is 0 Å². The third-order valence-corrected chi connectivity index (χ3v) is 8.15. The minimum absolute atomic E-state index is 0.133. The van der Waals surface area contributed by atoms with Crippen LogP contribution in [0.5, 0.6) is 0 Å². The second-order valence-electron chi connectivity index (χ2n) is 10.6. The van der Waals surface area contributed by atoms with E-state index >= 15 is 0 Å². The van der Waals surface area contributed by atoms with Gasteiger partial charge in [0.25, 0.3) is 0 Å². The quantitative estimate of drug-likeness (QED) is 0.651. The standard InChI is InChI=1S/C26H31N3O4/c1-25-13-14-26(33-25)20(19(25)22(30)27-18-11-12-18)24(32)29(15-16-7-3-2-4-8-16)21(26)23(31)28-17-9-5-6-10-17/h2-4,7-8,13-14,17-21H,5-6,9-12,15H2,1H3,(H,27,30)(H,28,31)/t19-,20+,21+,25+,26-/m1/s1. The Balaban J connectivity index is 1.37. The Morgan fingerprint density at radius 1 is 1.00 bits per heavy atom. The van der Waals surface area contributed by atoms with Crippen molar-refractivity contribution in [3.63, 3.8) is 0 Å². The first kappa shape index (κ1) is 20.9. The second kappa shape index (κ2) is 7.42. The molecule has 2 N–H and O–H groups in total. The van der Waals surface area contributed by atoms with Crippen molar-refractivity contribution in [2.45, 2.75) is 81.3 Å². The van der Waals surface area contributed by atoms with E-state index in [1.807, 2.05) is 49.4 Å². The number of amides is 3. The molecule has 7 heteroatoms. The molecule has 2 aliphatic carbocycles. The maximum absolute atomic E-state index is 13.9.